The minimum Gasteiger partial charge on any atom is -0.460 e. The van der Waals surface area contributed by atoms with Crippen LogP contribution in [-0.4, -0.2) is 20.7 Å². The van der Waals surface area contributed by atoms with Crippen molar-refractivity contribution in [3.05, 3.63) is 70.3 Å². The maximum Gasteiger partial charge on any atom is 0.308 e. The highest BCUT2D eigenvalue weighted by Gasteiger charge is 2.21. The first-order valence-corrected chi connectivity index (χ1v) is 9.24. The summed E-state index contributed by atoms with van der Waals surface area (Å²) in [4.78, 5) is 24.8. The molecule has 0 spiro atoms. The van der Waals surface area contributed by atoms with Gasteiger partial charge < -0.3 is 9.15 Å². The zero-order valence-corrected chi connectivity index (χ0v) is 16.3. The molecule has 7 heteroatoms. The van der Waals surface area contributed by atoms with E-state index in [-0.39, 0.29) is 5.43 Å². The van der Waals surface area contributed by atoms with Gasteiger partial charge in [0.2, 0.25) is 5.43 Å². The van der Waals surface area contributed by atoms with E-state index in [4.69, 9.17) is 9.15 Å². The number of fused-ring (bicyclic) bond motifs is 1. The SMILES string of the molecule is CCc1cc2c(=O)c(-c3nncn3-c3ccccc3)c(C)oc2cc1OC(C)=O. The van der Waals surface area contributed by atoms with E-state index in [1.165, 1.54) is 6.92 Å². The Hall–Kier alpha value is -3.74. The summed E-state index contributed by atoms with van der Waals surface area (Å²) in [6.07, 6.45) is 2.16. The fourth-order valence-corrected chi connectivity index (χ4v) is 3.35. The summed E-state index contributed by atoms with van der Waals surface area (Å²) >= 11 is 0. The lowest BCUT2D eigenvalue weighted by Gasteiger charge is -2.12. The fourth-order valence-electron chi connectivity index (χ4n) is 3.35. The number of para-hydroxylation sites is 1. The molecular formula is C22H19N3O4. The zero-order chi connectivity index (χ0) is 20.5. The third-order valence-corrected chi connectivity index (χ3v) is 4.69. The Morgan fingerprint density at radius 1 is 1.21 bits per heavy atom. The second kappa shape index (κ2) is 7.35. The van der Waals surface area contributed by atoms with E-state index in [1.807, 2.05) is 37.3 Å². The Labute approximate surface area is 166 Å². The van der Waals surface area contributed by atoms with Gasteiger partial charge in [-0.05, 0) is 37.1 Å². The van der Waals surface area contributed by atoms with Crippen molar-refractivity contribution >= 4 is 16.9 Å². The zero-order valence-electron chi connectivity index (χ0n) is 16.3. The van der Waals surface area contributed by atoms with Gasteiger partial charge in [-0.1, -0.05) is 25.1 Å². The van der Waals surface area contributed by atoms with Crippen LogP contribution >= 0.6 is 0 Å². The fraction of sp³-hybridized carbons (Fsp3) is 0.182. The third kappa shape index (κ3) is 3.31. The van der Waals surface area contributed by atoms with Crippen LogP contribution in [0.25, 0.3) is 28.0 Å². The molecular weight excluding hydrogens is 370 g/mol. The number of rotatable bonds is 4. The Bertz CT molecular complexity index is 1270. The Balaban J connectivity index is 1.95. The molecule has 2 heterocycles. The van der Waals surface area contributed by atoms with Gasteiger partial charge >= 0.3 is 5.97 Å². The smallest absolute Gasteiger partial charge is 0.308 e. The lowest BCUT2D eigenvalue weighted by atomic mass is 10.0. The number of hydrogen-bond acceptors (Lipinski definition) is 6. The summed E-state index contributed by atoms with van der Waals surface area (Å²) < 4.78 is 13.0. The molecule has 0 radical (unpaired) electrons. The van der Waals surface area contributed by atoms with Gasteiger partial charge in [0.1, 0.15) is 29.0 Å². The summed E-state index contributed by atoms with van der Waals surface area (Å²) in [6.45, 7) is 4.97. The monoisotopic (exact) mass is 389 g/mol. The summed E-state index contributed by atoms with van der Waals surface area (Å²) in [5.74, 6) is 0.790. The Kier molecular flexibility index (Phi) is 4.72. The molecule has 0 atom stereocenters. The van der Waals surface area contributed by atoms with Crippen LogP contribution in [0.4, 0.5) is 0 Å². The first-order chi connectivity index (χ1) is 14.0. The van der Waals surface area contributed by atoms with Crippen molar-refractivity contribution in [3.8, 4) is 22.8 Å². The summed E-state index contributed by atoms with van der Waals surface area (Å²) in [6, 6.07) is 12.8. The van der Waals surface area contributed by atoms with Gasteiger partial charge in [-0.2, -0.15) is 0 Å². The van der Waals surface area contributed by atoms with Gasteiger partial charge in [-0.25, -0.2) is 0 Å². The molecule has 2 aromatic heterocycles. The number of carbonyl (C=O) groups is 1. The van der Waals surface area contributed by atoms with Crippen LogP contribution < -0.4 is 10.2 Å². The first kappa shape index (κ1) is 18.6. The molecule has 4 rings (SSSR count). The molecule has 0 aliphatic rings. The molecule has 0 aliphatic heterocycles. The van der Waals surface area contributed by atoms with Crippen LogP contribution in [0, 0.1) is 6.92 Å². The lowest BCUT2D eigenvalue weighted by molar-refractivity contribution is -0.131. The third-order valence-electron chi connectivity index (χ3n) is 4.69. The van der Waals surface area contributed by atoms with Crippen molar-refractivity contribution in [2.45, 2.75) is 27.2 Å². The molecule has 0 amide bonds. The van der Waals surface area contributed by atoms with E-state index in [0.29, 0.717) is 40.3 Å². The topological polar surface area (TPSA) is 87.2 Å². The largest absolute Gasteiger partial charge is 0.460 e. The predicted octanol–water partition coefficient (Wildman–Crippen LogP) is 3.84. The van der Waals surface area contributed by atoms with Crippen LogP contribution in [0.5, 0.6) is 5.75 Å². The minimum absolute atomic E-state index is 0.210. The van der Waals surface area contributed by atoms with Crippen LogP contribution in [0.3, 0.4) is 0 Å². The van der Waals surface area contributed by atoms with Crippen molar-refractivity contribution < 1.29 is 13.9 Å². The molecule has 0 unspecified atom stereocenters. The second-order valence-electron chi connectivity index (χ2n) is 6.63. The normalized spacial score (nSPS) is 11.0. The van der Waals surface area contributed by atoms with E-state index in [0.717, 1.165) is 11.3 Å². The van der Waals surface area contributed by atoms with Crippen LogP contribution in [0.15, 0.2) is 58.0 Å². The Morgan fingerprint density at radius 2 is 1.97 bits per heavy atom. The van der Waals surface area contributed by atoms with Gasteiger partial charge in [-0.15, -0.1) is 10.2 Å². The Morgan fingerprint density at radius 3 is 2.66 bits per heavy atom. The van der Waals surface area contributed by atoms with Crippen LogP contribution in [0.1, 0.15) is 25.2 Å². The number of nitrogens with zero attached hydrogens (tertiary/aromatic N) is 3. The molecule has 0 N–H and O–H groups in total. The molecule has 0 saturated heterocycles. The first-order valence-electron chi connectivity index (χ1n) is 9.24. The van der Waals surface area contributed by atoms with E-state index < -0.39 is 5.97 Å². The predicted molar refractivity (Wildman–Crippen MR) is 108 cm³/mol. The van der Waals surface area contributed by atoms with Crippen molar-refractivity contribution in [1.29, 1.82) is 0 Å². The van der Waals surface area contributed by atoms with Gasteiger partial charge in [-0.3, -0.25) is 14.2 Å². The maximum atomic E-state index is 13.4. The molecule has 7 nitrogen and oxygen atoms in total. The number of aryl methyl sites for hydroxylation is 2. The van der Waals surface area contributed by atoms with Gasteiger partial charge in [0.25, 0.3) is 0 Å². The number of aromatic nitrogens is 3. The summed E-state index contributed by atoms with van der Waals surface area (Å²) in [5, 5.41) is 8.57. The lowest BCUT2D eigenvalue weighted by Crippen LogP contribution is -2.12. The number of ether oxygens (including phenoxy) is 1. The molecule has 4 aromatic rings. The van der Waals surface area contributed by atoms with Gasteiger partial charge in [0.15, 0.2) is 5.82 Å². The van der Waals surface area contributed by atoms with E-state index >= 15 is 0 Å². The molecule has 2 aromatic carbocycles. The van der Waals surface area contributed by atoms with Gasteiger partial charge in [0.05, 0.1) is 5.39 Å². The minimum atomic E-state index is -0.425. The quantitative estimate of drug-likeness (QED) is 0.389. The van der Waals surface area contributed by atoms with Crippen molar-refractivity contribution in [1.82, 2.24) is 14.8 Å². The van der Waals surface area contributed by atoms with Crippen molar-refractivity contribution in [2.24, 2.45) is 0 Å². The van der Waals surface area contributed by atoms with E-state index in [9.17, 15) is 9.59 Å². The molecule has 0 saturated carbocycles. The van der Waals surface area contributed by atoms with E-state index in [1.54, 1.807) is 30.0 Å². The number of carbonyl (C=O) groups excluding carboxylic acids is 1. The number of benzene rings is 2. The molecule has 0 fully saturated rings. The number of esters is 1. The highest BCUT2D eigenvalue weighted by molar-refractivity contribution is 5.85. The molecule has 29 heavy (non-hydrogen) atoms. The summed E-state index contributed by atoms with van der Waals surface area (Å²) in [7, 11) is 0. The van der Waals surface area contributed by atoms with Crippen LogP contribution in [0.2, 0.25) is 0 Å². The molecule has 0 bridgehead atoms. The average molecular weight is 389 g/mol. The van der Waals surface area contributed by atoms with Crippen molar-refractivity contribution in [2.75, 3.05) is 0 Å². The van der Waals surface area contributed by atoms with Gasteiger partial charge in [0, 0.05) is 18.7 Å². The second-order valence-corrected chi connectivity index (χ2v) is 6.63. The standard InChI is InChI=1S/C22H19N3O4/c1-4-15-10-17-19(11-18(15)29-14(3)26)28-13(2)20(21(17)27)22-24-23-12-25(22)16-8-6-5-7-9-16/h5-12H,4H2,1-3H3. The number of hydrogen-bond donors (Lipinski definition) is 0. The van der Waals surface area contributed by atoms with Crippen LogP contribution in [-0.2, 0) is 11.2 Å². The highest BCUT2D eigenvalue weighted by atomic mass is 16.5. The van der Waals surface area contributed by atoms with Crippen molar-refractivity contribution in [3.63, 3.8) is 0 Å². The maximum absolute atomic E-state index is 13.4. The molecule has 146 valence electrons. The highest BCUT2D eigenvalue weighted by Crippen LogP contribution is 2.29. The van der Waals surface area contributed by atoms with E-state index in [2.05, 4.69) is 10.2 Å². The summed E-state index contributed by atoms with van der Waals surface area (Å²) in [5.41, 5.74) is 2.08. The average Bonchev–Trinajstić information content (AvgIpc) is 3.17. The molecule has 0 aliphatic carbocycles.